The van der Waals surface area contributed by atoms with E-state index in [1.165, 1.54) is 4.90 Å². The summed E-state index contributed by atoms with van der Waals surface area (Å²) in [5, 5.41) is 24.2. The molecule has 3 N–H and O–H groups in total. The van der Waals surface area contributed by atoms with E-state index in [-0.39, 0.29) is 43.9 Å². The molecule has 11 heteroatoms. The van der Waals surface area contributed by atoms with E-state index in [0.29, 0.717) is 15.4 Å². The van der Waals surface area contributed by atoms with Crippen LogP contribution in [-0.4, -0.2) is 58.4 Å². The molecule has 0 radical (unpaired) electrons. The van der Waals surface area contributed by atoms with Gasteiger partial charge in [-0.05, 0) is 80.6 Å². The quantitative estimate of drug-likeness (QED) is 0.335. The van der Waals surface area contributed by atoms with Gasteiger partial charge in [-0.1, -0.05) is 6.07 Å². The van der Waals surface area contributed by atoms with Gasteiger partial charge in [-0.3, -0.25) is 4.79 Å². The minimum Gasteiger partial charge on any atom is -0.408 e. The summed E-state index contributed by atoms with van der Waals surface area (Å²) in [6.07, 6.45) is -0.235. The number of hydrogen-bond donors (Lipinski definition) is 3. The SMILES string of the molecule is Cc1nc(-c2ccc3c(c2)C(Cc2cc(Br)c(OC(=O)N(CCO)CCO)c(Br)c2)C(=O)N3)cs1. The van der Waals surface area contributed by atoms with Crippen LogP contribution in [0.1, 0.15) is 22.1 Å². The molecule has 2 amide bonds. The number of anilines is 1. The van der Waals surface area contributed by atoms with Gasteiger partial charge in [0.05, 0.1) is 38.8 Å². The second-order valence-electron chi connectivity index (χ2n) is 7.99. The maximum absolute atomic E-state index is 12.8. The second kappa shape index (κ2) is 11.2. The van der Waals surface area contributed by atoms with E-state index >= 15 is 0 Å². The molecule has 184 valence electrons. The number of nitrogens with one attached hydrogen (secondary N) is 1. The lowest BCUT2D eigenvalue weighted by Gasteiger charge is -2.21. The zero-order valence-electron chi connectivity index (χ0n) is 18.8. The van der Waals surface area contributed by atoms with Crippen molar-refractivity contribution in [1.82, 2.24) is 9.88 Å². The number of hydrogen-bond acceptors (Lipinski definition) is 7. The number of fused-ring (bicyclic) bond motifs is 1. The van der Waals surface area contributed by atoms with Crippen LogP contribution in [0.4, 0.5) is 10.5 Å². The minimum absolute atomic E-state index is 0.0470. The van der Waals surface area contributed by atoms with E-state index < -0.39 is 6.09 Å². The fraction of sp³-hybridized carbons (Fsp3) is 0.292. The largest absolute Gasteiger partial charge is 0.415 e. The van der Waals surface area contributed by atoms with E-state index in [0.717, 1.165) is 33.1 Å². The highest BCUT2D eigenvalue weighted by Crippen LogP contribution is 2.40. The van der Waals surface area contributed by atoms with Gasteiger partial charge >= 0.3 is 6.09 Å². The van der Waals surface area contributed by atoms with Crippen molar-refractivity contribution in [2.45, 2.75) is 19.3 Å². The molecule has 35 heavy (non-hydrogen) atoms. The summed E-state index contributed by atoms with van der Waals surface area (Å²) < 4.78 is 6.57. The van der Waals surface area contributed by atoms with Crippen LogP contribution in [0.15, 0.2) is 44.7 Å². The summed E-state index contributed by atoms with van der Waals surface area (Å²) in [6.45, 7) is 1.57. The van der Waals surface area contributed by atoms with Crippen LogP contribution in [-0.2, 0) is 11.2 Å². The molecule has 0 fully saturated rings. The molecule has 8 nitrogen and oxygen atoms in total. The van der Waals surface area contributed by atoms with E-state index in [9.17, 15) is 9.59 Å². The normalized spacial score (nSPS) is 14.5. The first-order valence-corrected chi connectivity index (χ1v) is 13.3. The van der Waals surface area contributed by atoms with Gasteiger partial charge in [0.1, 0.15) is 0 Å². The van der Waals surface area contributed by atoms with E-state index in [1.54, 1.807) is 11.3 Å². The van der Waals surface area contributed by atoms with Crippen LogP contribution in [0, 0.1) is 6.92 Å². The number of rotatable bonds is 8. The molecular formula is C24H23Br2N3O5S. The van der Waals surface area contributed by atoms with Crippen LogP contribution in [0.5, 0.6) is 5.75 Å². The predicted molar refractivity (Wildman–Crippen MR) is 141 cm³/mol. The highest BCUT2D eigenvalue weighted by atomic mass is 79.9. The Morgan fingerprint density at radius 1 is 1.17 bits per heavy atom. The van der Waals surface area contributed by atoms with Gasteiger partial charge in [-0.25, -0.2) is 9.78 Å². The van der Waals surface area contributed by atoms with Crippen molar-refractivity contribution in [3.05, 3.63) is 60.8 Å². The fourth-order valence-corrected chi connectivity index (χ4v) is 6.00. The summed E-state index contributed by atoms with van der Waals surface area (Å²) in [4.78, 5) is 31.0. The molecule has 4 rings (SSSR count). The van der Waals surface area contributed by atoms with Crippen molar-refractivity contribution >= 4 is 60.9 Å². The number of thiazole rings is 1. The van der Waals surface area contributed by atoms with Gasteiger partial charge in [-0.15, -0.1) is 11.3 Å². The maximum atomic E-state index is 12.8. The van der Waals surface area contributed by atoms with Gasteiger partial charge in [0.2, 0.25) is 5.91 Å². The van der Waals surface area contributed by atoms with E-state index in [2.05, 4.69) is 42.2 Å². The van der Waals surface area contributed by atoms with Crippen molar-refractivity contribution in [2.75, 3.05) is 31.6 Å². The number of amides is 2. The van der Waals surface area contributed by atoms with Crippen molar-refractivity contribution < 1.29 is 24.5 Å². The number of aliphatic hydroxyl groups is 2. The smallest absolute Gasteiger partial charge is 0.408 e. The third kappa shape index (κ3) is 5.75. The lowest BCUT2D eigenvalue weighted by Crippen LogP contribution is -2.38. The summed E-state index contributed by atoms with van der Waals surface area (Å²) >= 11 is 8.51. The molecule has 0 saturated carbocycles. The number of benzene rings is 2. The number of carbonyl (C=O) groups excluding carboxylic acids is 2. The van der Waals surface area contributed by atoms with Gasteiger partial charge in [-0.2, -0.15) is 0 Å². The Balaban J connectivity index is 1.55. The first-order valence-electron chi connectivity index (χ1n) is 10.8. The Bertz CT molecular complexity index is 1240. The van der Waals surface area contributed by atoms with Crippen molar-refractivity contribution in [1.29, 1.82) is 0 Å². The van der Waals surface area contributed by atoms with Gasteiger partial charge in [0.25, 0.3) is 0 Å². The van der Waals surface area contributed by atoms with Crippen molar-refractivity contribution in [3.63, 3.8) is 0 Å². The molecule has 0 saturated heterocycles. The van der Waals surface area contributed by atoms with Crippen LogP contribution < -0.4 is 10.1 Å². The molecule has 0 bridgehead atoms. The molecule has 1 aliphatic rings. The zero-order chi connectivity index (χ0) is 25.1. The van der Waals surface area contributed by atoms with E-state index in [4.69, 9.17) is 14.9 Å². The van der Waals surface area contributed by atoms with E-state index in [1.807, 2.05) is 42.6 Å². The van der Waals surface area contributed by atoms with Crippen molar-refractivity contribution in [2.24, 2.45) is 0 Å². The Labute approximate surface area is 223 Å². The maximum Gasteiger partial charge on any atom is 0.415 e. The monoisotopic (exact) mass is 623 g/mol. The summed E-state index contributed by atoms with van der Waals surface area (Å²) in [5.41, 5.74) is 4.45. The Kier molecular flexibility index (Phi) is 8.23. The average molecular weight is 625 g/mol. The number of halogens is 2. The Hall–Kier alpha value is -2.31. The molecule has 0 aliphatic carbocycles. The lowest BCUT2D eigenvalue weighted by atomic mass is 9.92. The van der Waals surface area contributed by atoms with Gasteiger partial charge in [0, 0.05) is 29.7 Å². The van der Waals surface area contributed by atoms with Crippen molar-refractivity contribution in [3.8, 4) is 17.0 Å². The molecule has 1 atom stereocenters. The highest BCUT2D eigenvalue weighted by Gasteiger charge is 2.31. The van der Waals surface area contributed by atoms with Crippen LogP contribution in [0.2, 0.25) is 0 Å². The molecule has 1 aliphatic heterocycles. The first-order chi connectivity index (χ1) is 16.8. The molecule has 3 aromatic rings. The summed E-state index contributed by atoms with van der Waals surface area (Å²) in [6, 6.07) is 9.52. The molecule has 0 spiro atoms. The van der Waals surface area contributed by atoms with Gasteiger partial charge in [0.15, 0.2) is 5.75 Å². The predicted octanol–water partition coefficient (Wildman–Crippen LogP) is 4.71. The lowest BCUT2D eigenvalue weighted by molar-refractivity contribution is -0.117. The topological polar surface area (TPSA) is 112 Å². The third-order valence-corrected chi connectivity index (χ3v) is 7.55. The number of aromatic nitrogens is 1. The Morgan fingerprint density at radius 2 is 1.86 bits per heavy atom. The van der Waals surface area contributed by atoms with Crippen LogP contribution in [0.25, 0.3) is 11.3 Å². The first kappa shape index (κ1) is 25.8. The number of ether oxygens (including phenoxy) is 1. The van der Waals surface area contributed by atoms with Crippen LogP contribution >= 0.6 is 43.2 Å². The standard InChI is InChI=1S/C24H23Br2N3O5S/c1-13-27-21(12-35-13)15-2-3-20-16(11-15)17(23(32)28-20)8-14-9-18(25)22(19(26)10-14)34-24(33)29(4-6-30)5-7-31/h2-3,9-12,17,30-31H,4-8H2,1H3,(H,28,32). The van der Waals surface area contributed by atoms with Crippen LogP contribution in [0.3, 0.4) is 0 Å². The summed E-state index contributed by atoms with van der Waals surface area (Å²) in [5.74, 6) is -0.170. The Morgan fingerprint density at radius 3 is 2.46 bits per heavy atom. The minimum atomic E-state index is -0.684. The number of nitrogens with zero attached hydrogens (tertiary/aromatic N) is 2. The summed E-state index contributed by atoms with van der Waals surface area (Å²) in [7, 11) is 0. The number of aryl methyl sites for hydroxylation is 1. The zero-order valence-corrected chi connectivity index (χ0v) is 22.7. The van der Waals surface area contributed by atoms with Gasteiger partial charge < -0.3 is 25.2 Å². The molecule has 2 heterocycles. The fourth-order valence-electron chi connectivity index (χ4n) is 3.94. The highest BCUT2D eigenvalue weighted by molar-refractivity contribution is 9.11. The second-order valence-corrected chi connectivity index (χ2v) is 10.8. The number of aliphatic hydroxyl groups excluding tert-OH is 2. The molecule has 1 unspecified atom stereocenters. The molecule has 2 aromatic carbocycles. The number of carbonyl (C=O) groups is 2. The molecule has 1 aromatic heterocycles. The third-order valence-electron chi connectivity index (χ3n) is 5.60. The average Bonchev–Trinajstić information content (AvgIpc) is 3.38. The molecular weight excluding hydrogens is 602 g/mol.